The highest BCUT2D eigenvalue weighted by molar-refractivity contribution is 5.96. The van der Waals surface area contributed by atoms with Crippen LogP contribution in [0.1, 0.15) is 28.2 Å². The summed E-state index contributed by atoms with van der Waals surface area (Å²) in [4.78, 5) is 17.2. The Labute approximate surface area is 152 Å². The van der Waals surface area contributed by atoms with Gasteiger partial charge in [0.1, 0.15) is 5.82 Å². The number of carbonyl (C=O) groups excluding carboxylic acids is 1. The van der Waals surface area contributed by atoms with Crippen LogP contribution in [-0.2, 0) is 11.2 Å². The van der Waals surface area contributed by atoms with Crippen molar-refractivity contribution in [2.24, 2.45) is 0 Å². The van der Waals surface area contributed by atoms with Crippen LogP contribution >= 0.6 is 0 Å². The van der Waals surface area contributed by atoms with Gasteiger partial charge in [0.15, 0.2) is 0 Å². The second-order valence-electron chi connectivity index (χ2n) is 6.41. The summed E-state index contributed by atoms with van der Waals surface area (Å²) in [6.07, 6.45) is 3.95. The van der Waals surface area contributed by atoms with E-state index in [4.69, 9.17) is 0 Å². The molecule has 132 valence electrons. The Morgan fingerprint density at radius 1 is 1.08 bits per heavy atom. The van der Waals surface area contributed by atoms with Crippen molar-refractivity contribution in [1.82, 2.24) is 4.98 Å². The average molecular weight is 348 g/mol. The minimum absolute atomic E-state index is 0.117. The van der Waals surface area contributed by atoms with Crippen molar-refractivity contribution in [1.29, 1.82) is 0 Å². The number of anilines is 1. The van der Waals surface area contributed by atoms with Gasteiger partial charge in [-0.25, -0.2) is 4.39 Å². The maximum atomic E-state index is 13.3. The lowest BCUT2D eigenvalue weighted by molar-refractivity contribution is -0.117. The van der Waals surface area contributed by atoms with Crippen molar-refractivity contribution >= 4 is 11.6 Å². The van der Waals surface area contributed by atoms with Gasteiger partial charge in [0.25, 0.3) is 0 Å². The molecule has 1 N–H and O–H groups in total. The van der Waals surface area contributed by atoms with Crippen LogP contribution in [0.3, 0.4) is 0 Å². The first-order chi connectivity index (χ1) is 12.5. The molecule has 0 bridgehead atoms. The number of nitrogens with one attached hydrogen (secondary N) is 1. The van der Waals surface area contributed by atoms with Crippen LogP contribution in [-0.4, -0.2) is 10.9 Å². The lowest BCUT2D eigenvalue weighted by atomic mass is 9.91. The number of hydrogen-bond donors (Lipinski definition) is 1. The fourth-order valence-electron chi connectivity index (χ4n) is 2.92. The van der Waals surface area contributed by atoms with Gasteiger partial charge in [-0.1, -0.05) is 30.3 Å². The topological polar surface area (TPSA) is 42.0 Å². The van der Waals surface area contributed by atoms with Gasteiger partial charge in [-0.2, -0.15) is 0 Å². The van der Waals surface area contributed by atoms with E-state index in [1.54, 1.807) is 24.5 Å². The monoisotopic (exact) mass is 348 g/mol. The fraction of sp³-hybridized carbons (Fsp3) is 0.182. The van der Waals surface area contributed by atoms with E-state index in [1.165, 1.54) is 12.1 Å². The van der Waals surface area contributed by atoms with E-state index in [-0.39, 0.29) is 11.7 Å². The van der Waals surface area contributed by atoms with E-state index in [2.05, 4.69) is 10.3 Å². The zero-order valence-corrected chi connectivity index (χ0v) is 14.9. The number of benzene rings is 2. The molecule has 0 aliphatic heterocycles. The molecule has 3 aromatic rings. The van der Waals surface area contributed by atoms with Crippen molar-refractivity contribution in [2.45, 2.75) is 26.2 Å². The third-order valence-corrected chi connectivity index (χ3v) is 4.61. The molecule has 1 unspecified atom stereocenters. The Hall–Kier alpha value is -3.01. The fourth-order valence-corrected chi connectivity index (χ4v) is 2.92. The molecule has 1 amide bonds. The summed E-state index contributed by atoms with van der Waals surface area (Å²) in [6, 6.07) is 15.7. The molecule has 0 aliphatic rings. The van der Waals surface area contributed by atoms with Gasteiger partial charge in [-0.05, 0) is 66.8 Å². The molecule has 1 aromatic heterocycles. The molecule has 1 atom stereocenters. The van der Waals surface area contributed by atoms with E-state index >= 15 is 0 Å². The molecule has 0 fully saturated rings. The third kappa shape index (κ3) is 4.14. The zero-order chi connectivity index (χ0) is 18.5. The second-order valence-corrected chi connectivity index (χ2v) is 6.41. The first-order valence-electron chi connectivity index (χ1n) is 8.56. The molecule has 26 heavy (non-hydrogen) atoms. The minimum atomic E-state index is -0.431. The lowest BCUT2D eigenvalue weighted by Crippen LogP contribution is -2.23. The molecule has 0 saturated carbocycles. The van der Waals surface area contributed by atoms with E-state index in [0.29, 0.717) is 6.42 Å². The van der Waals surface area contributed by atoms with Gasteiger partial charge in [0.05, 0.1) is 5.92 Å². The summed E-state index contributed by atoms with van der Waals surface area (Å²) in [5.74, 6) is -0.863. The number of halogens is 1. The predicted molar refractivity (Wildman–Crippen MR) is 102 cm³/mol. The Bertz CT molecular complexity index is 892. The van der Waals surface area contributed by atoms with Crippen molar-refractivity contribution in [3.63, 3.8) is 0 Å². The van der Waals surface area contributed by atoms with Gasteiger partial charge in [-0.3, -0.25) is 9.78 Å². The molecule has 3 rings (SSSR count). The molecular weight excluding hydrogens is 327 g/mol. The summed E-state index contributed by atoms with van der Waals surface area (Å²) in [6.45, 7) is 4.00. The summed E-state index contributed by atoms with van der Waals surface area (Å²) < 4.78 is 13.3. The van der Waals surface area contributed by atoms with E-state index in [1.807, 2.05) is 44.2 Å². The van der Waals surface area contributed by atoms with Crippen LogP contribution in [0.15, 0.2) is 67.0 Å². The SMILES string of the molecule is Cc1cccc(NC(=O)C(Cc2cccnc2)c2ccc(F)cc2)c1C. The molecule has 2 aromatic carbocycles. The highest BCUT2D eigenvalue weighted by atomic mass is 19.1. The van der Waals surface area contributed by atoms with E-state index in [9.17, 15) is 9.18 Å². The van der Waals surface area contributed by atoms with E-state index in [0.717, 1.165) is 27.9 Å². The highest BCUT2D eigenvalue weighted by Crippen LogP contribution is 2.25. The van der Waals surface area contributed by atoms with Crippen molar-refractivity contribution in [3.05, 3.63) is 95.1 Å². The molecule has 1 heterocycles. The van der Waals surface area contributed by atoms with Gasteiger partial charge >= 0.3 is 0 Å². The first kappa shape index (κ1) is 17.8. The van der Waals surface area contributed by atoms with Crippen LogP contribution in [0.25, 0.3) is 0 Å². The van der Waals surface area contributed by atoms with Crippen molar-refractivity contribution < 1.29 is 9.18 Å². The maximum absolute atomic E-state index is 13.3. The number of pyridine rings is 1. The van der Waals surface area contributed by atoms with Crippen LogP contribution in [0.5, 0.6) is 0 Å². The molecular formula is C22H21FN2O. The minimum Gasteiger partial charge on any atom is -0.325 e. The van der Waals surface area contributed by atoms with Gasteiger partial charge < -0.3 is 5.32 Å². The number of rotatable bonds is 5. The van der Waals surface area contributed by atoms with Crippen LogP contribution in [0.2, 0.25) is 0 Å². The van der Waals surface area contributed by atoms with Crippen molar-refractivity contribution in [2.75, 3.05) is 5.32 Å². The molecule has 3 nitrogen and oxygen atoms in total. The van der Waals surface area contributed by atoms with Gasteiger partial charge in [-0.15, -0.1) is 0 Å². The lowest BCUT2D eigenvalue weighted by Gasteiger charge is -2.19. The smallest absolute Gasteiger partial charge is 0.232 e. The number of amides is 1. The zero-order valence-electron chi connectivity index (χ0n) is 14.9. The van der Waals surface area contributed by atoms with Crippen LogP contribution < -0.4 is 5.32 Å². The number of aromatic nitrogens is 1. The van der Waals surface area contributed by atoms with Gasteiger partial charge in [0, 0.05) is 18.1 Å². The summed E-state index contributed by atoms with van der Waals surface area (Å²) in [7, 11) is 0. The summed E-state index contributed by atoms with van der Waals surface area (Å²) >= 11 is 0. The Morgan fingerprint density at radius 2 is 1.85 bits per heavy atom. The average Bonchev–Trinajstić information content (AvgIpc) is 2.65. The molecule has 4 heteroatoms. The molecule has 0 radical (unpaired) electrons. The normalized spacial score (nSPS) is 11.8. The Morgan fingerprint density at radius 3 is 2.54 bits per heavy atom. The van der Waals surface area contributed by atoms with E-state index < -0.39 is 5.92 Å². The second kappa shape index (κ2) is 7.91. The molecule has 0 saturated heterocycles. The summed E-state index contributed by atoms with van der Waals surface area (Å²) in [5.41, 5.74) is 4.69. The van der Waals surface area contributed by atoms with Gasteiger partial charge in [0.2, 0.25) is 5.91 Å². The third-order valence-electron chi connectivity index (χ3n) is 4.61. The largest absolute Gasteiger partial charge is 0.325 e. The van der Waals surface area contributed by atoms with Crippen molar-refractivity contribution in [3.8, 4) is 0 Å². The highest BCUT2D eigenvalue weighted by Gasteiger charge is 2.22. The Balaban J connectivity index is 1.90. The predicted octanol–water partition coefficient (Wildman–Crippen LogP) is 4.80. The maximum Gasteiger partial charge on any atom is 0.232 e. The first-order valence-corrected chi connectivity index (χ1v) is 8.56. The van der Waals surface area contributed by atoms with Crippen LogP contribution in [0, 0.1) is 19.7 Å². The quantitative estimate of drug-likeness (QED) is 0.719. The molecule has 0 aliphatic carbocycles. The summed E-state index contributed by atoms with van der Waals surface area (Å²) in [5, 5.41) is 3.03. The Kier molecular flexibility index (Phi) is 5.42. The molecule has 0 spiro atoms. The number of carbonyl (C=O) groups is 1. The number of nitrogens with zero attached hydrogens (tertiary/aromatic N) is 1. The number of aryl methyl sites for hydroxylation is 1. The standard InChI is InChI=1S/C22H21FN2O/c1-15-5-3-7-21(16(15)2)25-22(26)20(13-17-6-4-12-24-14-17)18-8-10-19(23)11-9-18/h3-12,14,20H,13H2,1-2H3,(H,25,26). The number of hydrogen-bond acceptors (Lipinski definition) is 2. The van der Waals surface area contributed by atoms with Crippen LogP contribution in [0.4, 0.5) is 10.1 Å².